The number of carbonyl (C=O) groups excluding carboxylic acids is 2. The van der Waals surface area contributed by atoms with Crippen LogP contribution in [0.2, 0.25) is 0 Å². The molecule has 3 aromatic rings. The van der Waals surface area contributed by atoms with Crippen molar-refractivity contribution in [3.8, 4) is 11.1 Å². The van der Waals surface area contributed by atoms with Crippen LogP contribution in [0.1, 0.15) is 63.8 Å². The number of alkyl carbamates (subject to hydrolysis) is 1. The molecule has 0 aliphatic heterocycles. The van der Waals surface area contributed by atoms with Crippen LogP contribution in [0.4, 0.5) is 4.79 Å². The summed E-state index contributed by atoms with van der Waals surface area (Å²) in [5.41, 5.74) is 2.02. The number of nitrogens with one attached hydrogen (secondary N) is 2. The highest BCUT2D eigenvalue weighted by molar-refractivity contribution is 5.86. The van der Waals surface area contributed by atoms with Gasteiger partial charge in [0.15, 0.2) is 5.43 Å². The summed E-state index contributed by atoms with van der Waals surface area (Å²) in [5.74, 6) is -0.304. The minimum Gasteiger partial charge on any atom is -0.443 e. The van der Waals surface area contributed by atoms with E-state index >= 15 is 0 Å². The van der Waals surface area contributed by atoms with Crippen molar-refractivity contribution >= 4 is 12.0 Å². The number of hydrogen-bond donors (Lipinski definition) is 3. The van der Waals surface area contributed by atoms with Crippen molar-refractivity contribution < 1.29 is 19.4 Å². The first-order chi connectivity index (χ1) is 17.3. The Morgan fingerprint density at radius 2 is 1.78 bits per heavy atom. The van der Waals surface area contributed by atoms with Crippen LogP contribution >= 0.6 is 0 Å². The number of amides is 2. The number of benzene rings is 1. The van der Waals surface area contributed by atoms with Crippen LogP contribution < -0.4 is 16.1 Å². The normalized spacial score (nSPS) is 13.8. The Bertz CT molecular complexity index is 1120. The highest BCUT2D eigenvalue weighted by atomic mass is 16.5. The van der Waals surface area contributed by atoms with Crippen molar-refractivity contribution in [2.75, 3.05) is 0 Å². The van der Waals surface area contributed by atoms with Gasteiger partial charge in [0.2, 0.25) is 5.91 Å². The van der Waals surface area contributed by atoms with Gasteiger partial charge in [0.1, 0.15) is 18.8 Å². The SMILES string of the molecule is CCCC[C@H](NC(=O)[C@H](CC(C)C)NC(=O)OCc1ccccn1)C(O)c1c(-c2ccccc2)c1=O. The fourth-order valence-electron chi connectivity index (χ4n) is 4.08. The van der Waals surface area contributed by atoms with Gasteiger partial charge in [-0.05, 0) is 36.5 Å². The van der Waals surface area contributed by atoms with E-state index in [1.165, 1.54) is 0 Å². The maximum atomic E-state index is 13.2. The van der Waals surface area contributed by atoms with Crippen LogP contribution in [0.3, 0.4) is 0 Å². The lowest BCUT2D eigenvalue weighted by Crippen LogP contribution is -2.51. The number of nitrogens with zero attached hydrogens (tertiary/aromatic N) is 1. The van der Waals surface area contributed by atoms with Crippen molar-refractivity contribution in [1.29, 1.82) is 0 Å². The first-order valence-corrected chi connectivity index (χ1v) is 12.5. The monoisotopic (exact) mass is 493 g/mol. The van der Waals surface area contributed by atoms with Gasteiger partial charge < -0.3 is 20.5 Å². The van der Waals surface area contributed by atoms with Crippen LogP contribution in [-0.4, -0.2) is 34.2 Å². The first-order valence-electron chi connectivity index (χ1n) is 12.5. The molecule has 3 N–H and O–H groups in total. The molecule has 0 radical (unpaired) electrons. The lowest BCUT2D eigenvalue weighted by atomic mass is 9.99. The molecule has 3 atom stereocenters. The summed E-state index contributed by atoms with van der Waals surface area (Å²) in [4.78, 5) is 42.3. The lowest BCUT2D eigenvalue weighted by molar-refractivity contribution is -0.125. The van der Waals surface area contributed by atoms with E-state index < -0.39 is 30.2 Å². The Hall–Kier alpha value is -3.52. The van der Waals surface area contributed by atoms with E-state index in [2.05, 4.69) is 15.6 Å². The molecule has 0 fully saturated rings. The number of aliphatic hydroxyl groups is 1. The number of pyridine rings is 1. The summed E-state index contributed by atoms with van der Waals surface area (Å²) in [5, 5.41) is 16.6. The molecule has 0 saturated carbocycles. The molecule has 1 aromatic heterocycles. The number of carbonyl (C=O) groups is 2. The fourth-order valence-corrected chi connectivity index (χ4v) is 4.08. The second-order valence-electron chi connectivity index (χ2n) is 9.41. The van der Waals surface area contributed by atoms with Gasteiger partial charge in [-0.25, -0.2) is 4.79 Å². The number of unbranched alkanes of at least 4 members (excludes halogenated alkanes) is 1. The van der Waals surface area contributed by atoms with Gasteiger partial charge in [0.25, 0.3) is 0 Å². The predicted molar refractivity (Wildman–Crippen MR) is 138 cm³/mol. The van der Waals surface area contributed by atoms with Crippen LogP contribution in [0, 0.1) is 5.92 Å². The van der Waals surface area contributed by atoms with Gasteiger partial charge in [-0.2, -0.15) is 0 Å². The number of ether oxygens (including phenoxy) is 1. The van der Waals surface area contributed by atoms with Gasteiger partial charge in [0.05, 0.1) is 11.7 Å². The van der Waals surface area contributed by atoms with Crippen LogP contribution in [0.5, 0.6) is 0 Å². The molecule has 8 nitrogen and oxygen atoms in total. The lowest BCUT2D eigenvalue weighted by Gasteiger charge is -2.26. The summed E-state index contributed by atoms with van der Waals surface area (Å²) >= 11 is 0. The topological polar surface area (TPSA) is 118 Å². The molecular weight excluding hydrogens is 458 g/mol. The number of aliphatic hydroxyl groups excluding tert-OH is 1. The molecule has 2 aromatic carbocycles. The Morgan fingerprint density at radius 3 is 2.42 bits per heavy atom. The molecule has 0 bridgehead atoms. The Kier molecular flexibility index (Phi) is 9.76. The van der Waals surface area contributed by atoms with E-state index in [4.69, 9.17) is 4.74 Å². The third kappa shape index (κ3) is 7.49. The van der Waals surface area contributed by atoms with E-state index in [-0.39, 0.29) is 18.0 Å². The number of rotatable bonds is 13. The zero-order chi connectivity index (χ0) is 26.1. The second kappa shape index (κ2) is 13.0. The van der Waals surface area contributed by atoms with Gasteiger partial charge in [-0.3, -0.25) is 14.6 Å². The highest BCUT2D eigenvalue weighted by Crippen LogP contribution is 2.33. The summed E-state index contributed by atoms with van der Waals surface area (Å²) in [7, 11) is 0. The minimum absolute atomic E-state index is 0.0148. The molecule has 192 valence electrons. The molecule has 8 heteroatoms. The molecule has 36 heavy (non-hydrogen) atoms. The van der Waals surface area contributed by atoms with Gasteiger partial charge in [0, 0.05) is 17.3 Å². The van der Waals surface area contributed by atoms with Crippen LogP contribution in [0.15, 0.2) is 59.5 Å². The minimum atomic E-state index is -1.13. The van der Waals surface area contributed by atoms with Crippen molar-refractivity contribution in [3.63, 3.8) is 0 Å². The largest absolute Gasteiger partial charge is 0.443 e. The quantitative estimate of drug-likeness (QED) is 0.331. The third-order valence-corrected chi connectivity index (χ3v) is 6.01. The van der Waals surface area contributed by atoms with E-state index in [9.17, 15) is 19.5 Å². The van der Waals surface area contributed by atoms with Crippen molar-refractivity contribution in [2.45, 2.75) is 71.2 Å². The molecule has 1 unspecified atom stereocenters. The van der Waals surface area contributed by atoms with E-state index in [1.807, 2.05) is 51.1 Å². The second-order valence-corrected chi connectivity index (χ2v) is 9.41. The average molecular weight is 494 g/mol. The van der Waals surface area contributed by atoms with Crippen LogP contribution in [0.25, 0.3) is 11.1 Å². The summed E-state index contributed by atoms with van der Waals surface area (Å²) in [6.45, 7) is 5.90. The van der Waals surface area contributed by atoms with E-state index in [0.717, 1.165) is 18.4 Å². The van der Waals surface area contributed by atoms with Crippen LogP contribution in [-0.2, 0) is 16.1 Å². The number of hydrogen-bond acceptors (Lipinski definition) is 6. The molecule has 0 aliphatic rings. The Balaban J connectivity index is 1.68. The first kappa shape index (κ1) is 27.1. The number of aromatic nitrogens is 1. The third-order valence-electron chi connectivity index (χ3n) is 6.01. The van der Waals surface area contributed by atoms with Gasteiger partial charge in [-0.1, -0.05) is 70.0 Å². The Labute approximate surface area is 211 Å². The molecule has 0 spiro atoms. The summed E-state index contributed by atoms with van der Waals surface area (Å²) in [6.07, 6.45) is 2.27. The molecule has 2 amide bonds. The smallest absolute Gasteiger partial charge is 0.408 e. The highest BCUT2D eigenvalue weighted by Gasteiger charge is 2.36. The molecular formula is C28H35N3O5. The zero-order valence-corrected chi connectivity index (χ0v) is 21.1. The Morgan fingerprint density at radius 1 is 1.06 bits per heavy atom. The summed E-state index contributed by atoms with van der Waals surface area (Å²) in [6, 6.07) is 13.0. The van der Waals surface area contributed by atoms with Crippen molar-refractivity contribution in [3.05, 3.63) is 76.2 Å². The summed E-state index contributed by atoms with van der Waals surface area (Å²) < 4.78 is 5.24. The molecule has 1 heterocycles. The molecule has 0 saturated heterocycles. The van der Waals surface area contributed by atoms with Crippen molar-refractivity contribution in [2.24, 2.45) is 5.92 Å². The molecule has 3 rings (SSSR count). The maximum absolute atomic E-state index is 13.2. The zero-order valence-electron chi connectivity index (χ0n) is 21.1. The molecule has 0 aliphatic carbocycles. The predicted octanol–water partition coefficient (Wildman–Crippen LogP) is 4.03. The van der Waals surface area contributed by atoms with Gasteiger partial charge in [-0.15, -0.1) is 0 Å². The fraction of sp³-hybridized carbons (Fsp3) is 0.429. The van der Waals surface area contributed by atoms with E-state index in [1.54, 1.807) is 24.4 Å². The maximum Gasteiger partial charge on any atom is 0.408 e. The van der Waals surface area contributed by atoms with Gasteiger partial charge >= 0.3 is 6.09 Å². The standard InChI is InChI=1S/C28H35N3O5/c1-4-5-14-21(25(32)24-23(26(24)33)19-11-7-6-8-12-19)30-27(34)22(16-18(2)3)31-28(35)36-17-20-13-9-10-15-29-20/h6-13,15,18,21-22,25,32H,4-5,14,16-17H2,1-3H3,(H,30,34)(H,31,35)/t21-,22-,25?/m0/s1. The van der Waals surface area contributed by atoms with Crippen molar-refractivity contribution in [1.82, 2.24) is 15.6 Å². The van der Waals surface area contributed by atoms with E-state index in [0.29, 0.717) is 29.7 Å². The average Bonchev–Trinajstić information content (AvgIpc) is 3.55.